The number of carbonyl (C=O) groups is 3. The van der Waals surface area contributed by atoms with E-state index in [0.29, 0.717) is 29.3 Å². The number of anilines is 2. The zero-order chi connectivity index (χ0) is 20.8. The summed E-state index contributed by atoms with van der Waals surface area (Å²) in [5.74, 6) is -0.0850. The molecule has 1 aliphatic rings. The van der Waals surface area contributed by atoms with Gasteiger partial charge in [-0.3, -0.25) is 9.59 Å². The molecule has 0 aliphatic carbocycles. The molecule has 0 spiro atoms. The first-order valence-corrected chi connectivity index (χ1v) is 10.6. The standard InChI is InChI=1S/C22H24N2O4S/c1-3-14(2)16-6-4-5-7-17(16)23-21(26)13-28-22(27)15-8-9-19-18(12-15)24-20(25)10-11-29-19/h4-9,12,14H,3,10-11,13H2,1-2H3,(H,23,26)(H,24,25)/t14-/m1/s1. The average Bonchev–Trinajstić information content (AvgIpc) is 2.91. The van der Waals surface area contributed by atoms with Gasteiger partial charge in [-0.25, -0.2) is 4.79 Å². The van der Waals surface area contributed by atoms with Crippen molar-refractivity contribution >= 4 is 40.9 Å². The molecule has 152 valence electrons. The van der Waals surface area contributed by atoms with Crippen molar-refractivity contribution in [3.05, 3.63) is 53.6 Å². The number of hydrogen-bond donors (Lipinski definition) is 2. The molecule has 29 heavy (non-hydrogen) atoms. The van der Waals surface area contributed by atoms with Crippen LogP contribution >= 0.6 is 11.8 Å². The molecule has 2 aromatic rings. The maximum atomic E-state index is 12.4. The third-order valence-electron chi connectivity index (χ3n) is 4.79. The number of rotatable bonds is 6. The van der Waals surface area contributed by atoms with E-state index in [9.17, 15) is 14.4 Å². The number of carbonyl (C=O) groups excluding carboxylic acids is 3. The largest absolute Gasteiger partial charge is 0.452 e. The van der Waals surface area contributed by atoms with E-state index in [1.54, 1.807) is 30.0 Å². The molecular weight excluding hydrogens is 388 g/mol. The summed E-state index contributed by atoms with van der Waals surface area (Å²) in [6.07, 6.45) is 1.38. The number of esters is 1. The number of thioether (sulfide) groups is 1. The van der Waals surface area contributed by atoms with Gasteiger partial charge in [-0.1, -0.05) is 32.0 Å². The molecule has 0 radical (unpaired) electrons. The van der Waals surface area contributed by atoms with Gasteiger partial charge in [-0.15, -0.1) is 11.8 Å². The van der Waals surface area contributed by atoms with Crippen LogP contribution in [0.15, 0.2) is 47.4 Å². The average molecular weight is 413 g/mol. The van der Waals surface area contributed by atoms with Crippen molar-refractivity contribution in [1.29, 1.82) is 0 Å². The Morgan fingerprint density at radius 3 is 2.83 bits per heavy atom. The number of hydrogen-bond acceptors (Lipinski definition) is 5. The fourth-order valence-corrected chi connectivity index (χ4v) is 3.95. The van der Waals surface area contributed by atoms with Gasteiger partial charge in [0.15, 0.2) is 6.61 Å². The summed E-state index contributed by atoms with van der Waals surface area (Å²) in [6, 6.07) is 12.6. The van der Waals surface area contributed by atoms with Crippen molar-refractivity contribution in [2.24, 2.45) is 0 Å². The van der Waals surface area contributed by atoms with Crippen LogP contribution in [0.5, 0.6) is 0 Å². The number of benzene rings is 2. The van der Waals surface area contributed by atoms with Crippen molar-refractivity contribution in [3.63, 3.8) is 0 Å². The summed E-state index contributed by atoms with van der Waals surface area (Å²) in [6.45, 7) is 3.80. The van der Waals surface area contributed by atoms with Crippen LogP contribution in [-0.4, -0.2) is 30.1 Å². The second kappa shape index (κ2) is 9.60. The van der Waals surface area contributed by atoms with Gasteiger partial charge in [-0.05, 0) is 42.2 Å². The Kier molecular flexibility index (Phi) is 6.93. The Hall–Kier alpha value is -2.80. The molecule has 0 bridgehead atoms. The van der Waals surface area contributed by atoms with Crippen LogP contribution in [0, 0.1) is 0 Å². The van der Waals surface area contributed by atoms with Gasteiger partial charge < -0.3 is 15.4 Å². The van der Waals surface area contributed by atoms with Gasteiger partial charge in [0.05, 0.1) is 11.3 Å². The van der Waals surface area contributed by atoms with Crippen molar-refractivity contribution in [3.8, 4) is 0 Å². The third kappa shape index (κ3) is 5.38. The summed E-state index contributed by atoms with van der Waals surface area (Å²) >= 11 is 1.56. The predicted molar refractivity (Wildman–Crippen MR) is 114 cm³/mol. The van der Waals surface area contributed by atoms with E-state index in [2.05, 4.69) is 24.5 Å². The molecule has 2 amide bonds. The molecule has 6 nitrogen and oxygen atoms in total. The molecule has 0 saturated heterocycles. The fourth-order valence-electron chi connectivity index (χ4n) is 3.01. The van der Waals surface area contributed by atoms with E-state index in [0.717, 1.165) is 22.6 Å². The first-order chi connectivity index (χ1) is 14.0. The van der Waals surface area contributed by atoms with Gasteiger partial charge in [0.2, 0.25) is 5.91 Å². The number of para-hydroxylation sites is 1. The monoisotopic (exact) mass is 412 g/mol. The molecule has 2 N–H and O–H groups in total. The minimum Gasteiger partial charge on any atom is -0.452 e. The summed E-state index contributed by atoms with van der Waals surface area (Å²) in [5.41, 5.74) is 2.67. The van der Waals surface area contributed by atoms with E-state index in [4.69, 9.17) is 4.74 Å². The second-order valence-corrected chi connectivity index (χ2v) is 8.02. The van der Waals surface area contributed by atoms with Crippen LogP contribution in [0.1, 0.15) is 48.5 Å². The SMILES string of the molecule is CC[C@@H](C)c1ccccc1NC(=O)COC(=O)c1ccc2c(c1)NC(=O)CCS2. The van der Waals surface area contributed by atoms with Gasteiger partial charge in [-0.2, -0.15) is 0 Å². The lowest BCUT2D eigenvalue weighted by Crippen LogP contribution is -2.22. The van der Waals surface area contributed by atoms with Gasteiger partial charge in [0.1, 0.15) is 0 Å². The Morgan fingerprint density at radius 1 is 1.24 bits per heavy atom. The lowest BCUT2D eigenvalue weighted by molar-refractivity contribution is -0.119. The lowest BCUT2D eigenvalue weighted by atomic mass is 9.97. The molecule has 1 heterocycles. The highest BCUT2D eigenvalue weighted by Crippen LogP contribution is 2.31. The quantitative estimate of drug-likeness (QED) is 0.686. The fraction of sp³-hybridized carbons (Fsp3) is 0.318. The molecule has 1 atom stereocenters. The molecule has 2 aromatic carbocycles. The van der Waals surface area contributed by atoms with Gasteiger partial charge in [0.25, 0.3) is 5.91 Å². The van der Waals surface area contributed by atoms with Crippen molar-refractivity contribution < 1.29 is 19.1 Å². The predicted octanol–water partition coefficient (Wildman–Crippen LogP) is 4.43. The molecule has 0 unspecified atom stereocenters. The minimum absolute atomic E-state index is 0.0823. The number of nitrogens with one attached hydrogen (secondary N) is 2. The summed E-state index contributed by atoms with van der Waals surface area (Å²) in [5, 5.41) is 5.61. The topological polar surface area (TPSA) is 84.5 Å². The normalized spacial score (nSPS) is 14.2. The van der Waals surface area contributed by atoms with Crippen LogP contribution in [0.4, 0.5) is 11.4 Å². The number of fused-ring (bicyclic) bond motifs is 1. The van der Waals surface area contributed by atoms with Gasteiger partial charge in [0, 0.05) is 22.8 Å². The van der Waals surface area contributed by atoms with E-state index >= 15 is 0 Å². The molecule has 3 rings (SSSR count). The number of amides is 2. The van der Waals surface area contributed by atoms with E-state index in [1.165, 1.54) is 0 Å². The molecule has 0 saturated carbocycles. The molecular formula is C22H24N2O4S. The van der Waals surface area contributed by atoms with Crippen LogP contribution in [-0.2, 0) is 14.3 Å². The Labute approximate surface area is 174 Å². The van der Waals surface area contributed by atoms with Crippen molar-refractivity contribution in [2.45, 2.75) is 37.5 Å². The Bertz CT molecular complexity index is 929. The van der Waals surface area contributed by atoms with Crippen LogP contribution in [0.2, 0.25) is 0 Å². The second-order valence-electron chi connectivity index (χ2n) is 6.88. The first kappa shape index (κ1) is 20.9. The van der Waals surface area contributed by atoms with Crippen molar-refractivity contribution in [2.75, 3.05) is 23.0 Å². The van der Waals surface area contributed by atoms with Crippen LogP contribution in [0.3, 0.4) is 0 Å². The van der Waals surface area contributed by atoms with E-state index in [-0.39, 0.29) is 12.5 Å². The molecule has 7 heteroatoms. The van der Waals surface area contributed by atoms with E-state index in [1.807, 2.05) is 24.3 Å². The smallest absolute Gasteiger partial charge is 0.338 e. The Morgan fingerprint density at radius 2 is 2.03 bits per heavy atom. The molecule has 0 fully saturated rings. The zero-order valence-electron chi connectivity index (χ0n) is 16.5. The third-order valence-corrected chi connectivity index (χ3v) is 5.86. The molecule has 1 aliphatic heterocycles. The highest BCUT2D eigenvalue weighted by molar-refractivity contribution is 7.99. The summed E-state index contributed by atoms with van der Waals surface area (Å²) in [7, 11) is 0. The van der Waals surface area contributed by atoms with Crippen molar-refractivity contribution in [1.82, 2.24) is 0 Å². The summed E-state index contributed by atoms with van der Waals surface area (Å²) < 4.78 is 5.17. The van der Waals surface area contributed by atoms with Gasteiger partial charge >= 0.3 is 5.97 Å². The zero-order valence-corrected chi connectivity index (χ0v) is 17.3. The Balaban J connectivity index is 1.61. The first-order valence-electron chi connectivity index (χ1n) is 9.60. The number of ether oxygens (including phenoxy) is 1. The van der Waals surface area contributed by atoms with E-state index < -0.39 is 11.9 Å². The van der Waals surface area contributed by atoms with Crippen LogP contribution < -0.4 is 10.6 Å². The lowest BCUT2D eigenvalue weighted by Gasteiger charge is -2.15. The summed E-state index contributed by atoms with van der Waals surface area (Å²) in [4.78, 5) is 37.3. The maximum absolute atomic E-state index is 12.4. The van der Waals surface area contributed by atoms with Crippen LogP contribution in [0.25, 0.3) is 0 Å². The minimum atomic E-state index is -0.610. The highest BCUT2D eigenvalue weighted by atomic mass is 32.2. The highest BCUT2D eigenvalue weighted by Gasteiger charge is 2.18. The maximum Gasteiger partial charge on any atom is 0.338 e. The molecule has 0 aromatic heterocycles.